The number of hydrogen-bond acceptors (Lipinski definition) is 6. The Hall–Kier alpha value is -3.27. The number of anilines is 1. The van der Waals surface area contributed by atoms with Crippen molar-refractivity contribution in [2.45, 2.75) is 30.6 Å². The molecule has 0 radical (unpaired) electrons. The fraction of sp³-hybridized carbons (Fsp3) is 0.263. The lowest BCUT2D eigenvalue weighted by atomic mass is 10.2. The minimum Gasteiger partial charge on any atom is -0.322 e. The molecule has 0 atom stereocenters. The lowest BCUT2D eigenvalue weighted by Crippen LogP contribution is -2.30. The van der Waals surface area contributed by atoms with Crippen LogP contribution in [0.25, 0.3) is 0 Å². The standard InChI is InChI=1S/C19H20N4O5S/c24-19(14-6-4-8-16(12-14)23(25)26)21-15-7-5-9-17(13-15)29(27,28)22-18-10-2-1-3-11-20-18/h4-9,12-13H,1-3,10-11H2,(H,20,22)(H,21,24). The zero-order chi connectivity index (χ0) is 20.9. The summed E-state index contributed by atoms with van der Waals surface area (Å²) in [6, 6.07) is 11.1. The molecule has 0 bridgehead atoms. The summed E-state index contributed by atoms with van der Waals surface area (Å²) in [6.45, 7) is 0.594. The van der Waals surface area contributed by atoms with E-state index in [1.807, 2.05) is 0 Å². The maximum Gasteiger partial charge on any atom is 0.270 e. The summed E-state index contributed by atoms with van der Waals surface area (Å²) in [5.74, 6) is -0.141. The van der Waals surface area contributed by atoms with E-state index in [-0.39, 0.29) is 21.8 Å². The number of hydrogen-bond donors (Lipinski definition) is 2. The quantitative estimate of drug-likeness (QED) is 0.571. The van der Waals surface area contributed by atoms with Crippen LogP contribution in [0, 0.1) is 10.1 Å². The second-order valence-corrected chi connectivity index (χ2v) is 8.22. The van der Waals surface area contributed by atoms with Gasteiger partial charge in [-0.1, -0.05) is 18.6 Å². The molecule has 1 aliphatic heterocycles. The number of amides is 1. The average molecular weight is 416 g/mol. The van der Waals surface area contributed by atoms with Gasteiger partial charge in [-0.15, -0.1) is 0 Å². The Morgan fingerprint density at radius 1 is 1.07 bits per heavy atom. The molecule has 0 aliphatic carbocycles. The molecule has 9 nitrogen and oxygen atoms in total. The van der Waals surface area contributed by atoms with Gasteiger partial charge in [0.1, 0.15) is 5.84 Å². The maximum atomic E-state index is 12.7. The summed E-state index contributed by atoms with van der Waals surface area (Å²) < 4.78 is 27.8. The summed E-state index contributed by atoms with van der Waals surface area (Å²) in [5, 5.41) is 13.4. The third-order valence-electron chi connectivity index (χ3n) is 4.35. The van der Waals surface area contributed by atoms with Gasteiger partial charge in [0.15, 0.2) is 0 Å². The normalized spacial score (nSPS) is 14.4. The van der Waals surface area contributed by atoms with Crippen molar-refractivity contribution >= 4 is 33.1 Å². The van der Waals surface area contributed by atoms with Crippen LogP contribution in [0.15, 0.2) is 58.4 Å². The van der Waals surface area contributed by atoms with Gasteiger partial charge in [-0.25, -0.2) is 8.42 Å². The monoisotopic (exact) mass is 416 g/mol. The van der Waals surface area contributed by atoms with Crippen molar-refractivity contribution in [3.63, 3.8) is 0 Å². The topological polar surface area (TPSA) is 131 Å². The van der Waals surface area contributed by atoms with Gasteiger partial charge in [0, 0.05) is 36.3 Å². The third kappa shape index (κ3) is 5.38. The Morgan fingerprint density at radius 2 is 1.86 bits per heavy atom. The number of nitro groups is 1. The van der Waals surface area contributed by atoms with E-state index in [9.17, 15) is 23.3 Å². The van der Waals surface area contributed by atoms with Gasteiger partial charge in [0.2, 0.25) is 0 Å². The smallest absolute Gasteiger partial charge is 0.270 e. The van der Waals surface area contributed by atoms with Crippen LogP contribution < -0.4 is 10.0 Å². The average Bonchev–Trinajstić information content (AvgIpc) is 2.96. The lowest BCUT2D eigenvalue weighted by Gasteiger charge is -2.11. The number of nitrogens with one attached hydrogen (secondary N) is 2. The molecule has 10 heteroatoms. The van der Waals surface area contributed by atoms with E-state index in [4.69, 9.17) is 0 Å². The van der Waals surface area contributed by atoms with Crippen LogP contribution in [-0.4, -0.2) is 31.6 Å². The van der Waals surface area contributed by atoms with Crippen LogP contribution in [0.4, 0.5) is 11.4 Å². The number of aliphatic imine (C=N–C) groups is 1. The van der Waals surface area contributed by atoms with Crippen molar-refractivity contribution in [1.82, 2.24) is 4.72 Å². The molecular weight excluding hydrogens is 396 g/mol. The zero-order valence-electron chi connectivity index (χ0n) is 15.5. The number of nitro benzene ring substituents is 1. The number of rotatable bonds is 5. The predicted octanol–water partition coefficient (Wildman–Crippen LogP) is 3.10. The van der Waals surface area contributed by atoms with Crippen LogP contribution >= 0.6 is 0 Å². The van der Waals surface area contributed by atoms with Crippen molar-refractivity contribution in [2.75, 3.05) is 11.9 Å². The Balaban J connectivity index is 1.76. The minimum atomic E-state index is -3.84. The first-order valence-electron chi connectivity index (χ1n) is 9.07. The molecule has 2 N–H and O–H groups in total. The molecular formula is C19H20N4O5S. The molecule has 1 amide bonds. The molecule has 0 aromatic heterocycles. The summed E-state index contributed by atoms with van der Waals surface area (Å²) in [5.41, 5.74) is 0.146. The highest BCUT2D eigenvalue weighted by Gasteiger charge is 2.18. The summed E-state index contributed by atoms with van der Waals surface area (Å²) in [6.07, 6.45) is 3.39. The van der Waals surface area contributed by atoms with Gasteiger partial charge in [0.05, 0.1) is 9.82 Å². The van der Waals surface area contributed by atoms with Crippen LogP contribution in [0.1, 0.15) is 36.0 Å². The highest BCUT2D eigenvalue weighted by atomic mass is 32.2. The van der Waals surface area contributed by atoms with Crippen molar-refractivity contribution in [3.8, 4) is 0 Å². The highest BCUT2D eigenvalue weighted by Crippen LogP contribution is 2.19. The summed E-state index contributed by atoms with van der Waals surface area (Å²) in [7, 11) is -3.84. The molecule has 0 saturated carbocycles. The van der Waals surface area contributed by atoms with Gasteiger partial charge >= 0.3 is 0 Å². The van der Waals surface area contributed by atoms with E-state index in [1.54, 1.807) is 0 Å². The Labute approximate surface area is 168 Å². The molecule has 3 rings (SSSR count). The van der Waals surface area contributed by atoms with Crippen molar-refractivity contribution in [1.29, 1.82) is 0 Å². The second-order valence-electron chi connectivity index (χ2n) is 6.53. The fourth-order valence-electron chi connectivity index (χ4n) is 2.88. The Bertz CT molecular complexity index is 1070. The number of carbonyl (C=O) groups is 1. The van der Waals surface area contributed by atoms with Crippen LogP contribution in [0.5, 0.6) is 0 Å². The lowest BCUT2D eigenvalue weighted by molar-refractivity contribution is -0.384. The minimum absolute atomic E-state index is 0.0127. The molecule has 0 fully saturated rings. The molecule has 29 heavy (non-hydrogen) atoms. The van der Waals surface area contributed by atoms with Gasteiger partial charge in [-0.05, 0) is 37.1 Å². The van der Waals surface area contributed by atoms with Gasteiger partial charge < -0.3 is 5.32 Å². The molecule has 2 aromatic carbocycles. The van der Waals surface area contributed by atoms with Gasteiger partial charge in [-0.3, -0.25) is 24.6 Å². The van der Waals surface area contributed by atoms with E-state index in [0.717, 1.165) is 25.3 Å². The van der Waals surface area contributed by atoms with Crippen molar-refractivity contribution < 1.29 is 18.1 Å². The van der Waals surface area contributed by atoms with Crippen molar-refractivity contribution in [2.24, 2.45) is 4.99 Å². The van der Waals surface area contributed by atoms with Gasteiger partial charge in [-0.2, -0.15) is 0 Å². The Kier molecular flexibility index (Phi) is 6.23. The number of sulfonamides is 1. The van der Waals surface area contributed by atoms with E-state index in [1.165, 1.54) is 42.5 Å². The number of benzene rings is 2. The van der Waals surface area contributed by atoms with Crippen LogP contribution in [0.3, 0.4) is 0 Å². The molecule has 152 valence electrons. The molecule has 0 saturated heterocycles. The first-order valence-corrected chi connectivity index (χ1v) is 10.6. The third-order valence-corrected chi connectivity index (χ3v) is 5.73. The first-order chi connectivity index (χ1) is 13.8. The van der Waals surface area contributed by atoms with E-state index in [2.05, 4.69) is 15.0 Å². The highest BCUT2D eigenvalue weighted by molar-refractivity contribution is 7.90. The summed E-state index contributed by atoms with van der Waals surface area (Å²) >= 11 is 0. The maximum absolute atomic E-state index is 12.7. The van der Waals surface area contributed by atoms with E-state index in [0.29, 0.717) is 18.8 Å². The molecule has 1 aliphatic rings. The molecule has 0 unspecified atom stereocenters. The van der Waals surface area contributed by atoms with E-state index >= 15 is 0 Å². The predicted molar refractivity (Wildman–Crippen MR) is 109 cm³/mol. The number of non-ortho nitro benzene ring substituents is 1. The first kappa shape index (κ1) is 20.5. The SMILES string of the molecule is O=C(Nc1cccc(S(=O)(=O)NC2=NCCCCC2)c1)c1cccc([N+](=O)[O-])c1. The zero-order valence-corrected chi connectivity index (χ0v) is 16.3. The van der Waals surface area contributed by atoms with E-state index < -0.39 is 20.9 Å². The number of carbonyl (C=O) groups excluding carboxylic acids is 1. The van der Waals surface area contributed by atoms with Gasteiger partial charge in [0.25, 0.3) is 21.6 Å². The molecule has 1 heterocycles. The second kappa shape index (κ2) is 8.82. The largest absolute Gasteiger partial charge is 0.322 e. The number of nitrogens with zero attached hydrogens (tertiary/aromatic N) is 2. The fourth-order valence-corrected chi connectivity index (χ4v) is 4.01. The summed E-state index contributed by atoms with van der Waals surface area (Å²) in [4.78, 5) is 26.9. The van der Waals surface area contributed by atoms with Crippen LogP contribution in [0.2, 0.25) is 0 Å². The number of amidine groups is 1. The van der Waals surface area contributed by atoms with Crippen molar-refractivity contribution in [3.05, 3.63) is 64.2 Å². The van der Waals surface area contributed by atoms with Crippen LogP contribution in [-0.2, 0) is 10.0 Å². The Morgan fingerprint density at radius 3 is 2.66 bits per heavy atom. The molecule has 2 aromatic rings. The molecule has 0 spiro atoms.